The van der Waals surface area contributed by atoms with E-state index in [0.717, 1.165) is 57.2 Å². The number of hydrogen-bond acceptors (Lipinski definition) is 7. The summed E-state index contributed by atoms with van der Waals surface area (Å²) in [6, 6.07) is 0. The van der Waals surface area contributed by atoms with Gasteiger partial charge in [0.05, 0.1) is 11.6 Å². The molecular weight excluding hydrogens is 292 g/mol. The van der Waals surface area contributed by atoms with Crippen molar-refractivity contribution in [1.29, 1.82) is 0 Å². The van der Waals surface area contributed by atoms with Gasteiger partial charge >= 0.3 is 0 Å². The van der Waals surface area contributed by atoms with Gasteiger partial charge in [-0.3, -0.25) is 0 Å². The van der Waals surface area contributed by atoms with E-state index in [0.29, 0.717) is 5.82 Å². The van der Waals surface area contributed by atoms with Gasteiger partial charge in [0.2, 0.25) is 5.89 Å². The molecule has 0 N–H and O–H groups in total. The molecule has 2 aliphatic rings. The fourth-order valence-corrected chi connectivity index (χ4v) is 3.58. The minimum absolute atomic E-state index is 0.289. The molecule has 7 heteroatoms. The molecule has 122 valence electrons. The summed E-state index contributed by atoms with van der Waals surface area (Å²) < 4.78 is 5.39. The molecule has 0 spiro atoms. The number of likely N-dealkylation sites (N-methyl/N-ethyl adjacent to an activating group) is 1. The number of hydrogen-bond donors (Lipinski definition) is 0. The second-order valence-corrected chi connectivity index (χ2v) is 6.58. The molecule has 0 unspecified atom stereocenters. The maximum absolute atomic E-state index is 5.39. The van der Waals surface area contributed by atoms with Crippen molar-refractivity contribution in [2.24, 2.45) is 0 Å². The van der Waals surface area contributed by atoms with Gasteiger partial charge in [-0.2, -0.15) is 4.98 Å². The smallest absolute Gasteiger partial charge is 0.231 e. The van der Waals surface area contributed by atoms with Crippen molar-refractivity contribution < 1.29 is 4.52 Å². The number of piperidine rings is 1. The number of aryl methyl sites for hydroxylation is 1. The molecule has 0 aromatic carbocycles. The lowest BCUT2D eigenvalue weighted by Crippen LogP contribution is -2.37. The zero-order chi connectivity index (χ0) is 15.8. The maximum atomic E-state index is 5.39. The van der Waals surface area contributed by atoms with Crippen LogP contribution in [0.1, 0.15) is 41.7 Å². The average molecular weight is 314 g/mol. The van der Waals surface area contributed by atoms with Gasteiger partial charge in [-0.25, -0.2) is 9.97 Å². The molecular formula is C16H22N6O. The van der Waals surface area contributed by atoms with Gasteiger partial charge in [0.15, 0.2) is 5.82 Å². The summed E-state index contributed by atoms with van der Waals surface area (Å²) in [5.41, 5.74) is 2.48. The molecule has 2 aromatic rings. The van der Waals surface area contributed by atoms with Crippen LogP contribution in [0.25, 0.3) is 0 Å². The first kappa shape index (κ1) is 14.6. The third-order valence-electron chi connectivity index (χ3n) is 4.78. The van der Waals surface area contributed by atoms with Gasteiger partial charge in [0.1, 0.15) is 12.1 Å². The lowest BCUT2D eigenvalue weighted by atomic mass is 9.97. The van der Waals surface area contributed by atoms with Crippen molar-refractivity contribution in [2.45, 2.75) is 38.6 Å². The number of anilines is 1. The first-order chi connectivity index (χ1) is 11.2. The normalized spacial score (nSPS) is 22.2. The highest BCUT2D eigenvalue weighted by Crippen LogP contribution is 2.31. The largest absolute Gasteiger partial charge is 0.355 e. The maximum Gasteiger partial charge on any atom is 0.231 e. The standard InChI is InChI=1S/C16H22N6O/c1-11-19-16(23-20-11)12-4-3-6-22(8-12)15-13-9-21(2)7-5-14(13)17-10-18-15/h10,12H,3-9H2,1-2H3/t12-/m0/s1. The molecule has 0 radical (unpaired) electrons. The second kappa shape index (κ2) is 5.88. The Morgan fingerprint density at radius 2 is 2.17 bits per heavy atom. The zero-order valence-corrected chi connectivity index (χ0v) is 13.7. The number of fused-ring (bicyclic) bond motifs is 1. The molecule has 2 aromatic heterocycles. The Morgan fingerprint density at radius 1 is 1.26 bits per heavy atom. The van der Waals surface area contributed by atoms with Crippen LogP contribution >= 0.6 is 0 Å². The number of aromatic nitrogens is 4. The van der Waals surface area contributed by atoms with Crippen LogP contribution in [0.4, 0.5) is 5.82 Å². The highest BCUT2D eigenvalue weighted by molar-refractivity contribution is 5.50. The van der Waals surface area contributed by atoms with Gasteiger partial charge in [-0.05, 0) is 26.8 Å². The van der Waals surface area contributed by atoms with E-state index in [1.807, 2.05) is 6.92 Å². The summed E-state index contributed by atoms with van der Waals surface area (Å²) in [7, 11) is 2.15. The van der Waals surface area contributed by atoms with Gasteiger partial charge in [0, 0.05) is 38.2 Å². The molecule has 1 fully saturated rings. The Kier molecular flexibility index (Phi) is 3.72. The zero-order valence-electron chi connectivity index (χ0n) is 13.7. The Hall–Kier alpha value is -2.02. The topological polar surface area (TPSA) is 71.2 Å². The molecule has 0 amide bonds. The van der Waals surface area contributed by atoms with E-state index in [1.165, 1.54) is 11.3 Å². The minimum Gasteiger partial charge on any atom is -0.355 e. The van der Waals surface area contributed by atoms with E-state index in [4.69, 9.17) is 4.52 Å². The van der Waals surface area contributed by atoms with E-state index < -0.39 is 0 Å². The summed E-state index contributed by atoms with van der Waals surface area (Å²) in [6.45, 7) is 5.76. The Bertz CT molecular complexity index is 700. The average Bonchev–Trinajstić information content (AvgIpc) is 3.01. The van der Waals surface area contributed by atoms with Crippen molar-refractivity contribution in [3.63, 3.8) is 0 Å². The number of nitrogens with zero attached hydrogens (tertiary/aromatic N) is 6. The first-order valence-corrected chi connectivity index (χ1v) is 8.27. The molecule has 0 saturated carbocycles. The molecule has 4 rings (SSSR count). The van der Waals surface area contributed by atoms with Crippen molar-refractivity contribution >= 4 is 5.82 Å². The fraction of sp³-hybridized carbons (Fsp3) is 0.625. The summed E-state index contributed by atoms with van der Waals surface area (Å²) in [6.07, 6.45) is 4.91. The Labute approximate surface area is 135 Å². The SMILES string of the molecule is Cc1noc([C@H]2CCCN(c3ncnc4c3CN(C)CC4)C2)n1. The summed E-state index contributed by atoms with van der Waals surface area (Å²) >= 11 is 0. The predicted octanol–water partition coefficient (Wildman–Crippen LogP) is 1.54. The summed E-state index contributed by atoms with van der Waals surface area (Å²) in [5.74, 6) is 2.84. The van der Waals surface area contributed by atoms with E-state index in [9.17, 15) is 0 Å². The van der Waals surface area contributed by atoms with E-state index in [-0.39, 0.29) is 5.92 Å². The molecule has 1 atom stereocenters. The van der Waals surface area contributed by atoms with Gasteiger partial charge in [0.25, 0.3) is 0 Å². The van der Waals surface area contributed by atoms with Crippen LogP contribution in [0.2, 0.25) is 0 Å². The highest BCUT2D eigenvalue weighted by Gasteiger charge is 2.29. The van der Waals surface area contributed by atoms with Crippen LogP contribution in [-0.2, 0) is 13.0 Å². The van der Waals surface area contributed by atoms with Gasteiger partial charge < -0.3 is 14.3 Å². The van der Waals surface area contributed by atoms with Crippen LogP contribution in [0.3, 0.4) is 0 Å². The quantitative estimate of drug-likeness (QED) is 0.832. The minimum atomic E-state index is 0.289. The van der Waals surface area contributed by atoms with E-state index in [2.05, 4.69) is 37.0 Å². The molecule has 4 heterocycles. The molecule has 1 saturated heterocycles. The molecule has 0 aliphatic carbocycles. The van der Waals surface area contributed by atoms with E-state index >= 15 is 0 Å². The van der Waals surface area contributed by atoms with Gasteiger partial charge in [-0.15, -0.1) is 0 Å². The Balaban J connectivity index is 1.61. The fourth-order valence-electron chi connectivity index (χ4n) is 3.58. The Morgan fingerprint density at radius 3 is 3.00 bits per heavy atom. The van der Waals surface area contributed by atoms with Crippen molar-refractivity contribution in [2.75, 3.05) is 31.6 Å². The van der Waals surface area contributed by atoms with Crippen LogP contribution in [-0.4, -0.2) is 51.7 Å². The van der Waals surface area contributed by atoms with Crippen molar-refractivity contribution in [1.82, 2.24) is 25.0 Å². The highest BCUT2D eigenvalue weighted by atomic mass is 16.5. The molecule has 7 nitrogen and oxygen atoms in total. The van der Waals surface area contributed by atoms with Crippen LogP contribution in [0, 0.1) is 6.92 Å². The summed E-state index contributed by atoms with van der Waals surface area (Å²) in [4.78, 5) is 18.2. The van der Waals surface area contributed by atoms with Crippen LogP contribution in [0.5, 0.6) is 0 Å². The first-order valence-electron chi connectivity index (χ1n) is 8.27. The second-order valence-electron chi connectivity index (χ2n) is 6.58. The van der Waals surface area contributed by atoms with Crippen molar-refractivity contribution in [3.05, 3.63) is 29.3 Å². The van der Waals surface area contributed by atoms with E-state index in [1.54, 1.807) is 6.33 Å². The predicted molar refractivity (Wildman–Crippen MR) is 85.3 cm³/mol. The van der Waals surface area contributed by atoms with Gasteiger partial charge in [-0.1, -0.05) is 5.16 Å². The van der Waals surface area contributed by atoms with Crippen LogP contribution in [0.15, 0.2) is 10.9 Å². The molecule has 0 bridgehead atoms. The lowest BCUT2D eigenvalue weighted by Gasteiger charge is -2.35. The lowest BCUT2D eigenvalue weighted by molar-refractivity contribution is 0.307. The third kappa shape index (κ3) is 2.81. The van der Waals surface area contributed by atoms with Crippen LogP contribution < -0.4 is 4.90 Å². The molecule has 2 aliphatic heterocycles. The van der Waals surface area contributed by atoms with Crippen molar-refractivity contribution in [3.8, 4) is 0 Å². The third-order valence-corrected chi connectivity index (χ3v) is 4.78. The molecule has 23 heavy (non-hydrogen) atoms. The summed E-state index contributed by atoms with van der Waals surface area (Å²) in [5, 5.41) is 3.93. The number of rotatable bonds is 2. The monoisotopic (exact) mass is 314 g/mol.